The average Bonchev–Trinajstić information content (AvgIpc) is 3.08. The number of nitrogens with one attached hydrogen (secondary N) is 2. The van der Waals surface area contributed by atoms with Gasteiger partial charge in [-0.05, 0) is 38.0 Å². The molecule has 2 heterocycles. The molecule has 1 atom stereocenters. The van der Waals surface area contributed by atoms with Crippen molar-refractivity contribution < 1.29 is 4.79 Å². The molecule has 0 aliphatic rings. The number of benzene rings is 1. The Morgan fingerprint density at radius 3 is 2.59 bits per heavy atom. The molecule has 0 bridgehead atoms. The maximum absolute atomic E-state index is 12.2. The Morgan fingerprint density at radius 1 is 1.22 bits per heavy atom. The number of rotatable bonds is 6. The van der Waals surface area contributed by atoms with Crippen molar-refractivity contribution >= 4 is 17.5 Å². The molecule has 0 saturated carbocycles. The summed E-state index contributed by atoms with van der Waals surface area (Å²) in [6.07, 6.45) is 6.25. The van der Waals surface area contributed by atoms with Gasteiger partial charge in [0.25, 0.3) is 5.91 Å². The van der Waals surface area contributed by atoms with Gasteiger partial charge in [-0.15, -0.1) is 0 Å². The van der Waals surface area contributed by atoms with Crippen molar-refractivity contribution in [1.82, 2.24) is 25.1 Å². The van der Waals surface area contributed by atoms with E-state index >= 15 is 0 Å². The van der Waals surface area contributed by atoms with Gasteiger partial charge in [0.1, 0.15) is 0 Å². The van der Waals surface area contributed by atoms with Gasteiger partial charge in [-0.3, -0.25) is 9.48 Å². The van der Waals surface area contributed by atoms with Crippen molar-refractivity contribution in [2.75, 3.05) is 5.32 Å². The number of amides is 1. The van der Waals surface area contributed by atoms with Crippen molar-refractivity contribution in [3.05, 3.63) is 54.0 Å². The quantitative estimate of drug-likeness (QED) is 0.700. The topological polar surface area (TPSA) is 84.7 Å². The number of carbonyl (C=O) groups is 1. The molecule has 0 radical (unpaired) electrons. The predicted octanol–water partition coefficient (Wildman–Crippen LogP) is 3.46. The van der Waals surface area contributed by atoms with Crippen LogP contribution in [0.3, 0.4) is 0 Å². The van der Waals surface area contributed by atoms with Gasteiger partial charge >= 0.3 is 0 Å². The van der Waals surface area contributed by atoms with Crippen LogP contribution in [0.2, 0.25) is 0 Å². The van der Waals surface area contributed by atoms with Crippen LogP contribution in [0.15, 0.2) is 42.9 Å². The smallest absolute Gasteiger partial charge is 0.251 e. The molecule has 0 unspecified atom stereocenters. The lowest BCUT2D eigenvalue weighted by Crippen LogP contribution is -2.31. The van der Waals surface area contributed by atoms with Gasteiger partial charge in [0, 0.05) is 36.6 Å². The van der Waals surface area contributed by atoms with Crippen molar-refractivity contribution in [3.63, 3.8) is 0 Å². The highest BCUT2D eigenvalue weighted by atomic mass is 16.1. The van der Waals surface area contributed by atoms with E-state index in [1.807, 2.05) is 58.3 Å². The van der Waals surface area contributed by atoms with E-state index in [2.05, 4.69) is 25.7 Å². The third kappa shape index (κ3) is 4.49. The molecule has 0 saturated heterocycles. The van der Waals surface area contributed by atoms with E-state index in [9.17, 15) is 4.79 Å². The molecule has 7 nitrogen and oxygen atoms in total. The Kier molecular flexibility index (Phi) is 5.49. The summed E-state index contributed by atoms with van der Waals surface area (Å²) in [5, 5.41) is 10.2. The van der Waals surface area contributed by atoms with Crippen molar-refractivity contribution in [2.24, 2.45) is 7.05 Å². The van der Waals surface area contributed by atoms with Gasteiger partial charge < -0.3 is 10.6 Å². The molecule has 0 fully saturated rings. The standard InChI is InChI=1S/C20H24N6O/c1-5-14(3)23-19(27)16-8-6-15(7-9-16)18-13(2)10-21-20(25-18)24-17-11-22-26(4)12-17/h6-12,14H,5H2,1-4H3,(H,23,27)(H,21,24,25)/t14-/m0/s1. The molecule has 0 spiro atoms. The van der Waals surface area contributed by atoms with Crippen LogP contribution >= 0.6 is 0 Å². The number of hydrogen-bond donors (Lipinski definition) is 2. The van der Waals surface area contributed by atoms with Crippen LogP contribution in [0.1, 0.15) is 36.2 Å². The zero-order chi connectivity index (χ0) is 19.4. The molecule has 0 aliphatic carbocycles. The number of aromatic nitrogens is 4. The maximum Gasteiger partial charge on any atom is 0.251 e. The second kappa shape index (κ2) is 7.99. The second-order valence-corrected chi connectivity index (χ2v) is 6.61. The highest BCUT2D eigenvalue weighted by molar-refractivity contribution is 5.94. The van der Waals surface area contributed by atoms with E-state index in [0.717, 1.165) is 28.9 Å². The number of aryl methyl sites for hydroxylation is 2. The molecule has 140 valence electrons. The van der Waals surface area contributed by atoms with Crippen LogP contribution in [-0.2, 0) is 7.05 Å². The molecular weight excluding hydrogens is 340 g/mol. The molecule has 27 heavy (non-hydrogen) atoms. The van der Waals surface area contributed by atoms with Gasteiger partial charge in [-0.25, -0.2) is 9.97 Å². The minimum Gasteiger partial charge on any atom is -0.350 e. The first-order valence-corrected chi connectivity index (χ1v) is 8.97. The Bertz CT molecular complexity index is 932. The third-order valence-electron chi connectivity index (χ3n) is 4.34. The number of anilines is 2. The van der Waals surface area contributed by atoms with E-state index in [-0.39, 0.29) is 11.9 Å². The van der Waals surface area contributed by atoms with E-state index in [1.54, 1.807) is 17.1 Å². The summed E-state index contributed by atoms with van der Waals surface area (Å²) in [4.78, 5) is 21.2. The molecular formula is C20H24N6O. The number of nitrogens with zero attached hydrogens (tertiary/aromatic N) is 4. The summed E-state index contributed by atoms with van der Waals surface area (Å²) in [6.45, 7) is 6.00. The summed E-state index contributed by atoms with van der Waals surface area (Å²) >= 11 is 0. The van der Waals surface area contributed by atoms with Crippen molar-refractivity contribution in [3.8, 4) is 11.3 Å². The SMILES string of the molecule is CC[C@H](C)NC(=O)c1ccc(-c2nc(Nc3cnn(C)c3)ncc2C)cc1. The molecule has 2 N–H and O–H groups in total. The fraction of sp³-hybridized carbons (Fsp3) is 0.300. The average molecular weight is 364 g/mol. The molecule has 1 amide bonds. The Hall–Kier alpha value is -3.22. The summed E-state index contributed by atoms with van der Waals surface area (Å²) < 4.78 is 1.71. The minimum atomic E-state index is -0.0609. The largest absolute Gasteiger partial charge is 0.350 e. The summed E-state index contributed by atoms with van der Waals surface area (Å²) in [7, 11) is 1.85. The van der Waals surface area contributed by atoms with E-state index in [4.69, 9.17) is 0 Å². The first kappa shape index (κ1) is 18.6. The van der Waals surface area contributed by atoms with Crippen LogP contribution in [0.5, 0.6) is 0 Å². The predicted molar refractivity (Wildman–Crippen MR) is 106 cm³/mol. The van der Waals surface area contributed by atoms with Gasteiger partial charge in [0.05, 0.1) is 17.6 Å². The zero-order valence-corrected chi connectivity index (χ0v) is 16.0. The molecule has 2 aromatic heterocycles. The van der Waals surface area contributed by atoms with Crippen molar-refractivity contribution in [1.29, 1.82) is 0 Å². The van der Waals surface area contributed by atoms with Crippen LogP contribution < -0.4 is 10.6 Å². The second-order valence-electron chi connectivity index (χ2n) is 6.61. The summed E-state index contributed by atoms with van der Waals surface area (Å²) in [5.41, 5.74) is 4.18. The number of hydrogen-bond acceptors (Lipinski definition) is 5. The zero-order valence-electron chi connectivity index (χ0n) is 16.0. The summed E-state index contributed by atoms with van der Waals surface area (Å²) in [6, 6.07) is 7.62. The molecule has 0 aliphatic heterocycles. The van der Waals surface area contributed by atoms with Crippen LogP contribution in [0, 0.1) is 6.92 Å². The van der Waals surface area contributed by atoms with Gasteiger partial charge in [0.15, 0.2) is 0 Å². The molecule has 3 rings (SSSR count). The Balaban J connectivity index is 1.81. The van der Waals surface area contributed by atoms with Crippen molar-refractivity contribution in [2.45, 2.75) is 33.2 Å². The normalized spacial score (nSPS) is 11.9. The third-order valence-corrected chi connectivity index (χ3v) is 4.34. The maximum atomic E-state index is 12.2. The fourth-order valence-electron chi connectivity index (χ4n) is 2.60. The first-order valence-electron chi connectivity index (χ1n) is 8.97. The van der Waals surface area contributed by atoms with E-state index in [1.165, 1.54) is 0 Å². The monoisotopic (exact) mass is 364 g/mol. The number of carbonyl (C=O) groups excluding carboxylic acids is 1. The van der Waals surface area contributed by atoms with Crippen LogP contribution in [0.4, 0.5) is 11.6 Å². The highest BCUT2D eigenvalue weighted by Crippen LogP contribution is 2.23. The lowest BCUT2D eigenvalue weighted by atomic mass is 10.1. The molecule has 7 heteroatoms. The van der Waals surface area contributed by atoms with Gasteiger partial charge in [-0.1, -0.05) is 19.1 Å². The van der Waals surface area contributed by atoms with Crippen LogP contribution in [0.25, 0.3) is 11.3 Å². The fourth-order valence-corrected chi connectivity index (χ4v) is 2.60. The summed E-state index contributed by atoms with van der Waals surface area (Å²) in [5.74, 6) is 0.441. The first-order chi connectivity index (χ1) is 13.0. The van der Waals surface area contributed by atoms with E-state index < -0.39 is 0 Å². The van der Waals surface area contributed by atoms with Crippen LogP contribution in [-0.4, -0.2) is 31.7 Å². The molecule has 3 aromatic rings. The lowest BCUT2D eigenvalue weighted by molar-refractivity contribution is 0.0939. The Labute approximate surface area is 158 Å². The lowest BCUT2D eigenvalue weighted by Gasteiger charge is -2.12. The Morgan fingerprint density at radius 2 is 1.96 bits per heavy atom. The van der Waals surface area contributed by atoms with Gasteiger partial charge in [0.2, 0.25) is 5.95 Å². The van der Waals surface area contributed by atoms with Gasteiger partial charge in [-0.2, -0.15) is 5.10 Å². The highest BCUT2D eigenvalue weighted by Gasteiger charge is 2.11. The molecule has 1 aromatic carbocycles. The minimum absolute atomic E-state index is 0.0609. The van der Waals surface area contributed by atoms with E-state index in [0.29, 0.717) is 11.5 Å².